The van der Waals surface area contributed by atoms with Gasteiger partial charge in [-0.2, -0.15) is 13.2 Å². The van der Waals surface area contributed by atoms with Crippen LogP contribution in [0.2, 0.25) is 0 Å². The zero-order valence-corrected chi connectivity index (χ0v) is 16.0. The molecule has 1 fully saturated rings. The number of aliphatic carboxylic acids is 1. The fourth-order valence-corrected chi connectivity index (χ4v) is 3.18. The highest BCUT2D eigenvalue weighted by Gasteiger charge is 2.33. The second-order valence-electron chi connectivity index (χ2n) is 7.30. The fraction of sp³-hybridized carbons (Fsp3) is 0.381. The zero-order chi connectivity index (χ0) is 22.8. The molecule has 1 atom stereocenters. The van der Waals surface area contributed by atoms with Crippen molar-refractivity contribution in [1.82, 2.24) is 0 Å². The van der Waals surface area contributed by atoms with Crippen LogP contribution in [0.15, 0.2) is 42.5 Å². The van der Waals surface area contributed by atoms with Crippen LogP contribution in [0.4, 0.5) is 26.3 Å². The molecule has 0 spiro atoms. The highest BCUT2D eigenvalue weighted by atomic mass is 19.4. The molecule has 0 amide bonds. The number of alkyl halides is 6. The molecule has 1 aliphatic carbocycles. The van der Waals surface area contributed by atoms with Crippen molar-refractivity contribution in [1.29, 1.82) is 0 Å². The highest BCUT2D eigenvalue weighted by Crippen LogP contribution is 2.41. The molecule has 3 rings (SSSR count). The third-order valence-electron chi connectivity index (χ3n) is 4.76. The van der Waals surface area contributed by atoms with Crippen LogP contribution in [0.5, 0.6) is 11.5 Å². The summed E-state index contributed by atoms with van der Waals surface area (Å²) in [7, 11) is 0. The molecule has 2 aromatic rings. The SMILES string of the molecule is O=C(O)C(CC1CC1)c1ccc(OCC(F)(F)F)c(-c2ccc(OC(F)(F)F)cc2)c1. The predicted molar refractivity (Wildman–Crippen MR) is 97.8 cm³/mol. The van der Waals surface area contributed by atoms with Crippen LogP contribution in [0.3, 0.4) is 0 Å². The minimum atomic E-state index is -4.89. The second-order valence-corrected chi connectivity index (χ2v) is 7.30. The highest BCUT2D eigenvalue weighted by molar-refractivity contribution is 5.79. The van der Waals surface area contributed by atoms with Crippen molar-refractivity contribution in [2.24, 2.45) is 5.92 Å². The number of carboxylic acids is 1. The number of carbonyl (C=O) groups is 1. The predicted octanol–water partition coefficient (Wildman–Crippen LogP) is 6.16. The van der Waals surface area contributed by atoms with Crippen molar-refractivity contribution < 1.29 is 45.7 Å². The van der Waals surface area contributed by atoms with Crippen LogP contribution in [0.25, 0.3) is 11.1 Å². The Morgan fingerprint density at radius 2 is 1.68 bits per heavy atom. The average Bonchev–Trinajstić information content (AvgIpc) is 3.47. The Labute approximate surface area is 173 Å². The first-order valence-electron chi connectivity index (χ1n) is 9.34. The van der Waals surface area contributed by atoms with Gasteiger partial charge in [0, 0.05) is 5.56 Å². The third kappa shape index (κ3) is 6.80. The largest absolute Gasteiger partial charge is 0.573 e. The third-order valence-corrected chi connectivity index (χ3v) is 4.76. The van der Waals surface area contributed by atoms with E-state index in [1.54, 1.807) is 0 Å². The summed E-state index contributed by atoms with van der Waals surface area (Å²) in [5, 5.41) is 9.59. The van der Waals surface area contributed by atoms with E-state index in [1.807, 2.05) is 0 Å². The summed E-state index contributed by atoms with van der Waals surface area (Å²) in [5.41, 5.74) is 0.774. The molecule has 1 saturated carbocycles. The quantitative estimate of drug-likeness (QED) is 0.492. The van der Waals surface area contributed by atoms with Gasteiger partial charge >= 0.3 is 18.5 Å². The van der Waals surface area contributed by atoms with E-state index in [1.165, 1.54) is 30.3 Å². The number of hydrogen-bond donors (Lipinski definition) is 1. The van der Waals surface area contributed by atoms with Crippen LogP contribution in [-0.4, -0.2) is 30.2 Å². The van der Waals surface area contributed by atoms with Gasteiger partial charge in [-0.05, 0) is 47.7 Å². The van der Waals surface area contributed by atoms with Crippen molar-refractivity contribution in [3.05, 3.63) is 48.0 Å². The Kier molecular flexibility index (Phi) is 6.38. The summed E-state index contributed by atoms with van der Waals surface area (Å²) >= 11 is 0. The van der Waals surface area contributed by atoms with Gasteiger partial charge in [0.2, 0.25) is 0 Å². The summed E-state index contributed by atoms with van der Waals surface area (Å²) < 4.78 is 83.6. The zero-order valence-electron chi connectivity index (χ0n) is 16.0. The van der Waals surface area contributed by atoms with Crippen LogP contribution >= 0.6 is 0 Å². The van der Waals surface area contributed by atoms with Crippen LogP contribution < -0.4 is 9.47 Å². The second kappa shape index (κ2) is 8.68. The van der Waals surface area contributed by atoms with E-state index in [9.17, 15) is 36.2 Å². The van der Waals surface area contributed by atoms with E-state index in [4.69, 9.17) is 4.74 Å². The van der Waals surface area contributed by atoms with Crippen molar-refractivity contribution in [3.8, 4) is 22.6 Å². The summed E-state index contributed by atoms with van der Waals surface area (Å²) in [6, 6.07) is 8.56. The molecule has 1 N–H and O–H groups in total. The minimum absolute atomic E-state index is 0.141. The molecule has 31 heavy (non-hydrogen) atoms. The lowest BCUT2D eigenvalue weighted by molar-refractivity contribution is -0.274. The van der Waals surface area contributed by atoms with Crippen LogP contribution in [-0.2, 0) is 4.79 Å². The Bertz CT molecular complexity index is 917. The number of ether oxygens (including phenoxy) is 2. The van der Waals surface area contributed by atoms with Gasteiger partial charge in [-0.25, -0.2) is 0 Å². The van der Waals surface area contributed by atoms with Gasteiger partial charge in [-0.1, -0.05) is 31.0 Å². The molecule has 0 bridgehead atoms. The average molecular weight is 448 g/mol. The first kappa shape index (κ1) is 22.8. The van der Waals surface area contributed by atoms with Crippen LogP contribution in [0, 0.1) is 5.92 Å². The Hall–Kier alpha value is -2.91. The first-order valence-corrected chi connectivity index (χ1v) is 9.34. The molecule has 1 unspecified atom stereocenters. The molecule has 2 aromatic carbocycles. The smallest absolute Gasteiger partial charge is 0.483 e. The summed E-state index contributed by atoms with van der Waals surface area (Å²) in [6.07, 6.45) is -7.25. The molecule has 0 saturated heterocycles. The molecule has 0 aliphatic heterocycles. The lowest BCUT2D eigenvalue weighted by Gasteiger charge is -2.18. The number of rotatable bonds is 8. The standard InChI is InChI=1S/C21H18F6O4/c22-20(23,24)11-30-18-8-5-14(17(19(28)29)9-12-1-2-12)10-16(18)13-3-6-15(7-4-13)31-21(25,26)27/h3-8,10,12,17H,1-2,9,11H2,(H,28,29). The lowest BCUT2D eigenvalue weighted by Crippen LogP contribution is -2.19. The van der Waals surface area contributed by atoms with Gasteiger partial charge in [0.15, 0.2) is 6.61 Å². The van der Waals surface area contributed by atoms with Crippen molar-refractivity contribution in [2.75, 3.05) is 6.61 Å². The molecule has 0 radical (unpaired) electrons. The van der Waals surface area contributed by atoms with Gasteiger partial charge in [-0.3, -0.25) is 4.79 Å². The Balaban J connectivity index is 1.96. The Morgan fingerprint density at radius 3 is 2.19 bits per heavy atom. The molecule has 10 heteroatoms. The number of halogens is 6. The minimum Gasteiger partial charge on any atom is -0.483 e. The van der Waals surface area contributed by atoms with Gasteiger partial charge in [0.25, 0.3) is 0 Å². The van der Waals surface area contributed by atoms with E-state index < -0.39 is 36.8 Å². The van der Waals surface area contributed by atoms with E-state index in [-0.39, 0.29) is 22.8 Å². The van der Waals surface area contributed by atoms with E-state index in [0.717, 1.165) is 25.0 Å². The van der Waals surface area contributed by atoms with E-state index in [2.05, 4.69) is 4.74 Å². The van der Waals surface area contributed by atoms with Gasteiger partial charge in [-0.15, -0.1) is 13.2 Å². The molecule has 4 nitrogen and oxygen atoms in total. The Morgan fingerprint density at radius 1 is 1.03 bits per heavy atom. The summed E-state index contributed by atoms with van der Waals surface area (Å²) in [4.78, 5) is 11.7. The molecule has 1 aliphatic rings. The maximum absolute atomic E-state index is 12.6. The lowest BCUT2D eigenvalue weighted by atomic mass is 9.90. The fourth-order valence-electron chi connectivity index (χ4n) is 3.18. The van der Waals surface area contributed by atoms with Gasteiger partial charge in [0.05, 0.1) is 5.92 Å². The van der Waals surface area contributed by atoms with Crippen molar-refractivity contribution >= 4 is 5.97 Å². The number of hydrogen-bond acceptors (Lipinski definition) is 3. The molecular formula is C21H18F6O4. The number of carboxylic acid groups (broad SMARTS) is 1. The van der Waals surface area contributed by atoms with Gasteiger partial charge < -0.3 is 14.6 Å². The topological polar surface area (TPSA) is 55.8 Å². The maximum atomic E-state index is 12.6. The monoisotopic (exact) mass is 448 g/mol. The first-order chi connectivity index (χ1) is 14.4. The molecule has 168 valence electrons. The van der Waals surface area contributed by atoms with Crippen molar-refractivity contribution in [3.63, 3.8) is 0 Å². The van der Waals surface area contributed by atoms with Gasteiger partial charge in [0.1, 0.15) is 11.5 Å². The summed E-state index contributed by atoms with van der Waals surface area (Å²) in [6.45, 7) is -1.57. The van der Waals surface area contributed by atoms with Crippen molar-refractivity contribution in [2.45, 2.75) is 37.7 Å². The molecule has 0 aromatic heterocycles. The van der Waals surface area contributed by atoms with E-state index >= 15 is 0 Å². The number of benzene rings is 2. The maximum Gasteiger partial charge on any atom is 0.573 e. The molecule has 0 heterocycles. The normalized spacial score (nSPS) is 15.4. The molecular weight excluding hydrogens is 430 g/mol. The van der Waals surface area contributed by atoms with E-state index in [0.29, 0.717) is 12.0 Å². The summed E-state index contributed by atoms with van der Waals surface area (Å²) in [5.74, 6) is -2.29. The van der Waals surface area contributed by atoms with Crippen LogP contribution in [0.1, 0.15) is 30.7 Å².